The van der Waals surface area contributed by atoms with Crippen molar-refractivity contribution in [1.82, 2.24) is 10.6 Å². The van der Waals surface area contributed by atoms with Gasteiger partial charge in [0.1, 0.15) is 0 Å². The second kappa shape index (κ2) is 8.87. The molecule has 0 aliphatic heterocycles. The largest absolute Gasteiger partial charge is 0.384 e. The van der Waals surface area contributed by atoms with Gasteiger partial charge in [-0.05, 0) is 37.7 Å². The quantitative estimate of drug-likeness (QED) is 0.701. The zero-order valence-corrected chi connectivity index (χ0v) is 14.1. The smallest absolute Gasteiger partial charge is 0.251 e. The fourth-order valence-electron chi connectivity index (χ4n) is 1.89. The molecule has 0 saturated heterocycles. The first-order valence-corrected chi connectivity index (χ1v) is 8.89. The molecule has 0 radical (unpaired) electrons. The third kappa shape index (κ3) is 5.75. The predicted molar refractivity (Wildman–Crippen MR) is 85.8 cm³/mol. The molecule has 0 aliphatic carbocycles. The van der Waals surface area contributed by atoms with E-state index in [9.17, 15) is 13.2 Å². The van der Waals surface area contributed by atoms with Gasteiger partial charge in [-0.25, -0.2) is 8.42 Å². The van der Waals surface area contributed by atoms with Gasteiger partial charge in [0.2, 0.25) is 0 Å². The number of ether oxygens (including phenoxy) is 1. The molecule has 1 aromatic carbocycles. The van der Waals surface area contributed by atoms with Crippen molar-refractivity contribution in [3.63, 3.8) is 0 Å². The van der Waals surface area contributed by atoms with Crippen LogP contribution in [0.5, 0.6) is 0 Å². The lowest BCUT2D eigenvalue weighted by atomic mass is 10.2. The molecular formula is C15H24N2O4S. The van der Waals surface area contributed by atoms with Crippen LogP contribution in [0.3, 0.4) is 0 Å². The Morgan fingerprint density at radius 3 is 2.45 bits per heavy atom. The Hall–Kier alpha value is -1.44. The fourth-order valence-corrected chi connectivity index (χ4v) is 3.07. The summed E-state index contributed by atoms with van der Waals surface area (Å²) in [5.74, 6) is -0.291. The number of amides is 1. The van der Waals surface area contributed by atoms with Gasteiger partial charge in [-0.15, -0.1) is 0 Å². The predicted octanol–water partition coefficient (Wildman–Crippen LogP) is 0.835. The monoisotopic (exact) mass is 328 g/mol. The highest BCUT2D eigenvalue weighted by atomic mass is 32.2. The topological polar surface area (TPSA) is 84.5 Å². The highest BCUT2D eigenvalue weighted by Crippen LogP contribution is 2.12. The van der Waals surface area contributed by atoms with Gasteiger partial charge in [-0.3, -0.25) is 4.79 Å². The zero-order valence-electron chi connectivity index (χ0n) is 13.3. The number of rotatable bonds is 9. The van der Waals surface area contributed by atoms with Gasteiger partial charge in [-0.1, -0.05) is 6.92 Å². The van der Waals surface area contributed by atoms with Crippen LogP contribution in [0.1, 0.15) is 24.2 Å². The van der Waals surface area contributed by atoms with Crippen LogP contribution in [-0.4, -0.2) is 52.9 Å². The lowest BCUT2D eigenvalue weighted by molar-refractivity contribution is 0.0950. The van der Waals surface area contributed by atoms with Crippen molar-refractivity contribution in [2.75, 3.05) is 32.6 Å². The van der Waals surface area contributed by atoms with E-state index in [4.69, 9.17) is 4.74 Å². The molecule has 2 N–H and O–H groups in total. The summed E-state index contributed by atoms with van der Waals surface area (Å²) < 4.78 is 28.7. The van der Waals surface area contributed by atoms with Crippen LogP contribution in [0.2, 0.25) is 0 Å². The van der Waals surface area contributed by atoms with Crippen LogP contribution in [-0.2, 0) is 14.6 Å². The molecule has 1 atom stereocenters. The number of likely N-dealkylation sites (N-methyl/N-ethyl adjacent to an activating group) is 1. The van der Waals surface area contributed by atoms with Crippen molar-refractivity contribution in [2.45, 2.75) is 24.8 Å². The minimum Gasteiger partial charge on any atom is -0.384 e. The molecule has 0 saturated carbocycles. The van der Waals surface area contributed by atoms with Gasteiger partial charge in [0.25, 0.3) is 5.91 Å². The summed E-state index contributed by atoms with van der Waals surface area (Å²) in [7, 11) is -1.91. The highest BCUT2D eigenvalue weighted by molar-refractivity contribution is 7.91. The Labute approximate surface area is 132 Å². The number of sulfone groups is 1. The third-order valence-electron chi connectivity index (χ3n) is 3.15. The van der Waals surface area contributed by atoms with E-state index in [1.54, 1.807) is 0 Å². The van der Waals surface area contributed by atoms with Crippen molar-refractivity contribution in [2.24, 2.45) is 0 Å². The average Bonchev–Trinajstić information content (AvgIpc) is 2.51. The standard InChI is InChI=1S/C15H24N2O4S/c1-4-16-12(2)11-17-15(18)13-5-7-14(8-6-13)22(19,20)10-9-21-3/h5-8,12,16H,4,9-11H2,1-3H3,(H,17,18)/t12-/m1/s1. The van der Waals surface area contributed by atoms with Crippen LogP contribution >= 0.6 is 0 Å². The molecular weight excluding hydrogens is 304 g/mol. The summed E-state index contributed by atoms with van der Waals surface area (Å²) in [6.45, 7) is 5.48. The fraction of sp³-hybridized carbons (Fsp3) is 0.533. The minimum atomic E-state index is -3.36. The van der Waals surface area contributed by atoms with E-state index < -0.39 is 9.84 Å². The lowest BCUT2D eigenvalue weighted by Crippen LogP contribution is -2.38. The zero-order chi connectivity index (χ0) is 16.6. The summed E-state index contributed by atoms with van der Waals surface area (Å²) in [5.41, 5.74) is 0.439. The molecule has 6 nitrogen and oxygen atoms in total. The summed E-state index contributed by atoms with van der Waals surface area (Å²) in [6.07, 6.45) is 0. The van der Waals surface area contributed by atoms with E-state index in [2.05, 4.69) is 10.6 Å². The van der Waals surface area contributed by atoms with E-state index in [1.807, 2.05) is 13.8 Å². The SMILES string of the molecule is CCN[C@H](C)CNC(=O)c1ccc(S(=O)(=O)CCOC)cc1. The van der Waals surface area contributed by atoms with Gasteiger partial charge in [-0.2, -0.15) is 0 Å². The van der Waals surface area contributed by atoms with Crippen LogP contribution in [0.25, 0.3) is 0 Å². The van der Waals surface area contributed by atoms with Crippen molar-refractivity contribution in [3.05, 3.63) is 29.8 Å². The number of benzene rings is 1. The number of carbonyl (C=O) groups excluding carboxylic acids is 1. The maximum absolute atomic E-state index is 12.0. The maximum Gasteiger partial charge on any atom is 0.251 e. The molecule has 0 spiro atoms. The van der Waals surface area contributed by atoms with Gasteiger partial charge in [0.15, 0.2) is 9.84 Å². The first kappa shape index (κ1) is 18.6. The number of carbonyl (C=O) groups is 1. The Kier molecular flexibility index (Phi) is 7.50. The molecule has 0 heterocycles. The molecule has 22 heavy (non-hydrogen) atoms. The second-order valence-corrected chi connectivity index (χ2v) is 7.11. The van der Waals surface area contributed by atoms with Crippen molar-refractivity contribution in [1.29, 1.82) is 0 Å². The summed E-state index contributed by atoms with van der Waals surface area (Å²) in [4.78, 5) is 12.2. The average molecular weight is 328 g/mol. The van der Waals surface area contributed by atoms with Crippen LogP contribution in [0, 0.1) is 0 Å². The van der Waals surface area contributed by atoms with Crippen molar-refractivity contribution >= 4 is 15.7 Å². The van der Waals surface area contributed by atoms with Crippen LogP contribution in [0.4, 0.5) is 0 Å². The van der Waals surface area contributed by atoms with E-state index in [1.165, 1.54) is 31.4 Å². The lowest BCUT2D eigenvalue weighted by Gasteiger charge is -2.13. The van der Waals surface area contributed by atoms with E-state index in [-0.39, 0.29) is 29.2 Å². The Morgan fingerprint density at radius 1 is 1.27 bits per heavy atom. The number of hydrogen-bond donors (Lipinski definition) is 2. The molecule has 0 bridgehead atoms. The van der Waals surface area contributed by atoms with Crippen molar-refractivity contribution < 1.29 is 17.9 Å². The summed E-state index contributed by atoms with van der Waals surface area (Å²) in [6, 6.07) is 6.13. The molecule has 1 rings (SSSR count). The van der Waals surface area contributed by atoms with E-state index >= 15 is 0 Å². The second-order valence-electron chi connectivity index (χ2n) is 5.00. The maximum atomic E-state index is 12.0. The Morgan fingerprint density at radius 2 is 1.91 bits per heavy atom. The number of nitrogens with one attached hydrogen (secondary N) is 2. The molecule has 0 unspecified atom stereocenters. The molecule has 0 fully saturated rings. The molecule has 0 aliphatic rings. The van der Waals surface area contributed by atoms with Crippen LogP contribution in [0.15, 0.2) is 29.2 Å². The third-order valence-corrected chi connectivity index (χ3v) is 4.85. The van der Waals surface area contributed by atoms with Gasteiger partial charge >= 0.3 is 0 Å². The first-order valence-electron chi connectivity index (χ1n) is 7.24. The van der Waals surface area contributed by atoms with Crippen LogP contribution < -0.4 is 10.6 Å². The summed E-state index contributed by atoms with van der Waals surface area (Å²) >= 11 is 0. The molecule has 0 aromatic heterocycles. The number of methoxy groups -OCH3 is 1. The summed E-state index contributed by atoms with van der Waals surface area (Å²) in [5, 5.41) is 6.00. The molecule has 1 aromatic rings. The van der Waals surface area contributed by atoms with Gasteiger partial charge in [0.05, 0.1) is 17.3 Å². The van der Waals surface area contributed by atoms with Gasteiger partial charge < -0.3 is 15.4 Å². The van der Waals surface area contributed by atoms with Crippen molar-refractivity contribution in [3.8, 4) is 0 Å². The normalized spacial score (nSPS) is 12.9. The van der Waals surface area contributed by atoms with E-state index in [0.29, 0.717) is 12.1 Å². The Bertz CT molecular complexity index is 570. The first-order chi connectivity index (χ1) is 10.4. The Balaban J connectivity index is 2.66. The van der Waals surface area contributed by atoms with E-state index in [0.717, 1.165) is 6.54 Å². The molecule has 7 heteroatoms. The molecule has 1 amide bonds. The van der Waals surface area contributed by atoms with Gasteiger partial charge in [0, 0.05) is 25.3 Å². The highest BCUT2D eigenvalue weighted by Gasteiger charge is 2.15. The minimum absolute atomic E-state index is 0.0742. The molecule has 124 valence electrons. The number of hydrogen-bond acceptors (Lipinski definition) is 5.